The number of carbonyl (C=O) groups excluding carboxylic acids is 1. The van der Waals surface area contributed by atoms with E-state index < -0.39 is 0 Å². The van der Waals surface area contributed by atoms with Crippen molar-refractivity contribution in [3.8, 4) is 0 Å². The fourth-order valence-corrected chi connectivity index (χ4v) is 5.69. The highest BCUT2D eigenvalue weighted by molar-refractivity contribution is 5.84. The molecule has 1 aliphatic rings. The van der Waals surface area contributed by atoms with Crippen LogP contribution in [0.4, 0.5) is 10.5 Å². The lowest BCUT2D eigenvalue weighted by molar-refractivity contribution is -0.00296. The molecule has 0 spiro atoms. The Hall–Kier alpha value is -3.95. The molecule has 3 heterocycles. The Morgan fingerprint density at radius 2 is 1.51 bits per heavy atom. The number of nitrogens with one attached hydrogen (secondary N) is 1. The zero-order chi connectivity index (χ0) is 28.5. The lowest BCUT2D eigenvalue weighted by atomic mass is 10.0. The van der Waals surface area contributed by atoms with E-state index in [0.29, 0.717) is 6.04 Å². The van der Waals surface area contributed by atoms with Crippen molar-refractivity contribution in [3.05, 3.63) is 126 Å². The third kappa shape index (κ3) is 7.23. The van der Waals surface area contributed by atoms with Crippen molar-refractivity contribution >= 4 is 11.7 Å². The van der Waals surface area contributed by atoms with Crippen molar-refractivity contribution in [2.24, 2.45) is 5.73 Å². The lowest BCUT2D eigenvalue weighted by Gasteiger charge is -2.44. The Morgan fingerprint density at radius 3 is 2.17 bits per heavy atom. The number of carbonyl (C=O) groups is 1. The summed E-state index contributed by atoms with van der Waals surface area (Å²) in [5.41, 5.74) is 11.5. The van der Waals surface area contributed by atoms with Gasteiger partial charge >= 0.3 is 6.03 Å². The highest BCUT2D eigenvalue weighted by Gasteiger charge is 2.42. The van der Waals surface area contributed by atoms with E-state index in [0.717, 1.165) is 69.2 Å². The van der Waals surface area contributed by atoms with Crippen LogP contribution in [0.1, 0.15) is 35.4 Å². The number of hydrogen-bond donors (Lipinski definition) is 2. The third-order valence-corrected chi connectivity index (χ3v) is 8.04. The van der Waals surface area contributed by atoms with Gasteiger partial charge in [0.05, 0.1) is 24.5 Å². The number of benzene rings is 2. The monoisotopic (exact) mass is 550 g/mol. The first-order valence-electron chi connectivity index (χ1n) is 14.3. The quantitative estimate of drug-likeness (QED) is 0.259. The van der Waals surface area contributed by atoms with Gasteiger partial charge in [-0.05, 0) is 48.2 Å². The molecule has 212 valence electrons. The van der Waals surface area contributed by atoms with Gasteiger partial charge in [-0.3, -0.25) is 14.9 Å². The van der Waals surface area contributed by atoms with Gasteiger partial charge in [-0.1, -0.05) is 54.6 Å². The molecular formula is C33H40N7O+. The maximum Gasteiger partial charge on any atom is 0.438 e. The van der Waals surface area contributed by atoms with E-state index in [1.807, 2.05) is 80.1 Å². The molecule has 0 bridgehead atoms. The summed E-state index contributed by atoms with van der Waals surface area (Å²) < 4.78 is -0.0126. The van der Waals surface area contributed by atoms with Crippen molar-refractivity contribution < 1.29 is 4.79 Å². The maximum atomic E-state index is 12.7. The van der Waals surface area contributed by atoms with Crippen LogP contribution >= 0.6 is 0 Å². The van der Waals surface area contributed by atoms with Crippen LogP contribution in [0.2, 0.25) is 0 Å². The van der Waals surface area contributed by atoms with Gasteiger partial charge in [-0.25, -0.2) is 4.79 Å². The molecule has 1 atom stereocenters. The van der Waals surface area contributed by atoms with E-state index in [1.54, 1.807) is 0 Å². The minimum absolute atomic E-state index is 0.0126. The second kappa shape index (κ2) is 13.6. The number of urea groups is 1. The molecule has 1 saturated heterocycles. The molecule has 0 aliphatic carbocycles. The number of quaternary nitrogens is 1. The van der Waals surface area contributed by atoms with Crippen LogP contribution in [-0.4, -0.2) is 52.1 Å². The zero-order valence-electron chi connectivity index (χ0n) is 23.8. The first-order valence-corrected chi connectivity index (χ1v) is 14.3. The third-order valence-electron chi connectivity index (χ3n) is 8.04. The van der Waals surface area contributed by atoms with Gasteiger partial charge in [0.1, 0.15) is 7.05 Å². The summed E-state index contributed by atoms with van der Waals surface area (Å²) in [7, 11) is 1.90. The number of para-hydroxylation sites is 1. The van der Waals surface area contributed by atoms with Crippen LogP contribution in [-0.2, 0) is 26.2 Å². The fraction of sp³-hybridized carbons (Fsp3) is 0.303. The number of nitrogens with two attached hydrogens (primary N) is 1. The van der Waals surface area contributed by atoms with E-state index >= 15 is 0 Å². The van der Waals surface area contributed by atoms with E-state index in [4.69, 9.17) is 5.73 Å². The number of primary amides is 1. The van der Waals surface area contributed by atoms with Crippen LogP contribution in [0.5, 0.6) is 0 Å². The average molecular weight is 551 g/mol. The summed E-state index contributed by atoms with van der Waals surface area (Å²) >= 11 is 0. The predicted octanol–water partition coefficient (Wildman–Crippen LogP) is 4.86. The minimum Gasteiger partial charge on any atom is -0.317 e. The second-order valence-corrected chi connectivity index (χ2v) is 10.8. The lowest BCUT2D eigenvalue weighted by Crippen LogP contribution is -2.67. The summed E-state index contributed by atoms with van der Waals surface area (Å²) in [5, 5.41) is 5.71. The maximum absolute atomic E-state index is 12.7. The van der Waals surface area contributed by atoms with Crippen molar-refractivity contribution in [2.75, 3.05) is 20.1 Å². The Bertz CT molecular complexity index is 1380. The molecule has 41 heavy (non-hydrogen) atoms. The van der Waals surface area contributed by atoms with E-state index in [1.165, 1.54) is 11.1 Å². The topological polar surface area (TPSA) is 87.4 Å². The van der Waals surface area contributed by atoms with E-state index in [9.17, 15) is 4.79 Å². The first-order chi connectivity index (χ1) is 20.0. The van der Waals surface area contributed by atoms with Gasteiger partial charge in [0.2, 0.25) is 0 Å². The summed E-state index contributed by atoms with van der Waals surface area (Å²) in [4.78, 5) is 24.3. The molecule has 2 aromatic carbocycles. The molecule has 4 aromatic rings. The van der Waals surface area contributed by atoms with Crippen LogP contribution in [0.25, 0.3) is 0 Å². The molecule has 2 aromatic heterocycles. The van der Waals surface area contributed by atoms with Gasteiger partial charge in [0, 0.05) is 56.7 Å². The first kappa shape index (κ1) is 28.6. The van der Waals surface area contributed by atoms with Gasteiger partial charge < -0.3 is 11.1 Å². The standard InChI is InChI=1S/C33H39N7O/c1-40(33(34)41,32-14-3-2-4-15-32)39-20-16-31(17-21-39)38(26-30-13-6-8-19-37-30)25-28-11-9-10-27(22-28)23-35-24-29-12-5-7-18-36-29/h2-15,18-19,22,31,35H,16-17,20-21,23-26H2,1H3,(H-,34,41)/p+1. The van der Waals surface area contributed by atoms with E-state index in [-0.39, 0.29) is 10.6 Å². The van der Waals surface area contributed by atoms with Crippen LogP contribution in [0, 0.1) is 0 Å². The highest BCUT2D eigenvalue weighted by atomic mass is 16.2. The van der Waals surface area contributed by atoms with Crippen LogP contribution in [0.15, 0.2) is 103 Å². The van der Waals surface area contributed by atoms with Crippen molar-refractivity contribution in [1.82, 2.24) is 29.8 Å². The Balaban J connectivity index is 1.27. The average Bonchev–Trinajstić information content (AvgIpc) is 3.02. The molecule has 1 fully saturated rings. The van der Waals surface area contributed by atoms with Gasteiger partial charge in [0.15, 0.2) is 5.69 Å². The number of hydrogen-bond acceptors (Lipinski definition) is 6. The molecule has 8 nitrogen and oxygen atoms in total. The number of amides is 2. The molecule has 0 saturated carbocycles. The molecule has 5 rings (SSSR count). The molecular weight excluding hydrogens is 510 g/mol. The molecule has 3 N–H and O–H groups in total. The van der Waals surface area contributed by atoms with E-state index in [2.05, 4.69) is 55.5 Å². The molecule has 1 unspecified atom stereocenters. The van der Waals surface area contributed by atoms with Gasteiger partial charge in [0.25, 0.3) is 0 Å². The summed E-state index contributed by atoms with van der Waals surface area (Å²) in [5.74, 6) is 0. The van der Waals surface area contributed by atoms with Crippen molar-refractivity contribution in [1.29, 1.82) is 0 Å². The zero-order valence-corrected chi connectivity index (χ0v) is 23.8. The number of pyridine rings is 2. The van der Waals surface area contributed by atoms with Crippen molar-refractivity contribution in [2.45, 2.75) is 45.1 Å². The molecule has 8 heteroatoms. The minimum atomic E-state index is -0.367. The van der Waals surface area contributed by atoms with Crippen molar-refractivity contribution in [3.63, 3.8) is 0 Å². The van der Waals surface area contributed by atoms with Crippen LogP contribution < -0.4 is 15.6 Å². The summed E-state index contributed by atoms with van der Waals surface area (Å²) in [6.07, 6.45) is 5.56. The number of aromatic nitrogens is 2. The van der Waals surface area contributed by atoms with Gasteiger partial charge in [-0.2, -0.15) is 0 Å². The fourth-order valence-electron chi connectivity index (χ4n) is 5.69. The molecule has 2 amide bonds. The largest absolute Gasteiger partial charge is 0.438 e. The smallest absolute Gasteiger partial charge is 0.317 e. The Labute approximate surface area is 243 Å². The SMILES string of the molecule is C[N+](C(N)=O)(c1ccccc1)N1CCC(N(Cc2cccc(CNCc3ccccn3)c2)Cc2ccccn2)CC1. The number of nitrogens with zero attached hydrogens (tertiary/aromatic N) is 5. The highest BCUT2D eigenvalue weighted by Crippen LogP contribution is 2.29. The predicted molar refractivity (Wildman–Crippen MR) is 163 cm³/mol. The molecule has 0 radical (unpaired) electrons. The number of rotatable bonds is 11. The van der Waals surface area contributed by atoms with Gasteiger partial charge in [-0.15, -0.1) is 9.60 Å². The summed E-state index contributed by atoms with van der Waals surface area (Å²) in [6, 6.07) is 30.7. The Morgan fingerprint density at radius 1 is 0.854 bits per heavy atom. The molecule has 1 aliphatic heterocycles. The second-order valence-electron chi connectivity index (χ2n) is 10.8. The summed E-state index contributed by atoms with van der Waals surface area (Å²) in [6.45, 7) is 4.67. The number of piperidine rings is 1. The normalized spacial score (nSPS) is 16.0. The Kier molecular flexibility index (Phi) is 9.48. The van der Waals surface area contributed by atoms with Crippen LogP contribution in [0.3, 0.4) is 0 Å².